The van der Waals surface area contributed by atoms with E-state index in [9.17, 15) is 5.11 Å². The first-order chi connectivity index (χ1) is 6.75. The molecule has 0 aliphatic rings. The average molecular weight is 195 g/mol. The average Bonchev–Trinajstić information content (AvgIpc) is 2.26. The Labute approximate surface area is 84.2 Å². The van der Waals surface area contributed by atoms with Crippen molar-refractivity contribution in [3.05, 3.63) is 30.1 Å². The van der Waals surface area contributed by atoms with E-state index < -0.39 is 6.10 Å². The topological polar surface area (TPSA) is 71.2 Å². The summed E-state index contributed by atoms with van der Waals surface area (Å²) < 4.78 is 0. The standard InChI is InChI=1S/C10H17N3O/c1-12-5-4-9(11)10(14)8-2-6-13-7-3-8/h2-3,6-7,9-10,12,14H,4-5,11H2,1H3. The number of nitrogens with two attached hydrogens (primary N) is 1. The van der Waals surface area contributed by atoms with Crippen molar-refractivity contribution in [2.75, 3.05) is 13.6 Å². The first-order valence-electron chi connectivity index (χ1n) is 4.74. The third-order valence-electron chi connectivity index (χ3n) is 2.18. The van der Waals surface area contributed by atoms with Gasteiger partial charge < -0.3 is 16.2 Å². The molecule has 0 saturated heterocycles. The SMILES string of the molecule is CNCCC(N)C(O)c1ccncc1. The van der Waals surface area contributed by atoms with Gasteiger partial charge in [-0.25, -0.2) is 0 Å². The molecule has 0 aromatic carbocycles. The minimum atomic E-state index is -0.605. The Balaban J connectivity index is 2.52. The summed E-state index contributed by atoms with van der Waals surface area (Å²) in [4.78, 5) is 3.88. The summed E-state index contributed by atoms with van der Waals surface area (Å²) in [6, 6.07) is 3.33. The van der Waals surface area contributed by atoms with Gasteiger partial charge in [-0.2, -0.15) is 0 Å². The van der Waals surface area contributed by atoms with Crippen LogP contribution < -0.4 is 11.1 Å². The van der Waals surface area contributed by atoms with Gasteiger partial charge in [-0.15, -0.1) is 0 Å². The van der Waals surface area contributed by atoms with E-state index >= 15 is 0 Å². The van der Waals surface area contributed by atoms with Gasteiger partial charge in [0, 0.05) is 18.4 Å². The van der Waals surface area contributed by atoms with Crippen LogP contribution in [0.4, 0.5) is 0 Å². The van der Waals surface area contributed by atoms with Gasteiger partial charge in [-0.3, -0.25) is 4.98 Å². The van der Waals surface area contributed by atoms with E-state index in [-0.39, 0.29) is 6.04 Å². The van der Waals surface area contributed by atoms with Crippen LogP contribution in [0.5, 0.6) is 0 Å². The Hall–Kier alpha value is -0.970. The van der Waals surface area contributed by atoms with Crippen molar-refractivity contribution in [1.82, 2.24) is 10.3 Å². The fraction of sp³-hybridized carbons (Fsp3) is 0.500. The highest BCUT2D eigenvalue weighted by Crippen LogP contribution is 2.15. The second kappa shape index (κ2) is 5.70. The molecule has 0 saturated carbocycles. The molecule has 0 fully saturated rings. The molecule has 0 spiro atoms. The Morgan fingerprint density at radius 1 is 1.50 bits per heavy atom. The number of rotatable bonds is 5. The third kappa shape index (κ3) is 3.06. The van der Waals surface area contributed by atoms with Crippen LogP contribution in [0, 0.1) is 0 Å². The Morgan fingerprint density at radius 2 is 2.14 bits per heavy atom. The van der Waals surface area contributed by atoms with Crippen molar-refractivity contribution in [2.45, 2.75) is 18.6 Å². The highest BCUT2D eigenvalue weighted by Gasteiger charge is 2.15. The highest BCUT2D eigenvalue weighted by molar-refractivity contribution is 5.14. The molecular formula is C10H17N3O. The summed E-state index contributed by atoms with van der Waals surface area (Å²) >= 11 is 0. The van der Waals surface area contributed by atoms with Crippen molar-refractivity contribution < 1.29 is 5.11 Å². The summed E-state index contributed by atoms with van der Waals surface area (Å²) in [6.07, 6.45) is 3.46. The maximum absolute atomic E-state index is 9.84. The first-order valence-corrected chi connectivity index (χ1v) is 4.74. The molecule has 0 amide bonds. The number of aliphatic hydroxyl groups is 1. The lowest BCUT2D eigenvalue weighted by atomic mass is 10.0. The number of aromatic nitrogens is 1. The molecule has 14 heavy (non-hydrogen) atoms. The van der Waals surface area contributed by atoms with Gasteiger partial charge in [0.25, 0.3) is 0 Å². The van der Waals surface area contributed by atoms with Gasteiger partial charge >= 0.3 is 0 Å². The lowest BCUT2D eigenvalue weighted by Gasteiger charge is -2.18. The van der Waals surface area contributed by atoms with E-state index in [4.69, 9.17) is 5.73 Å². The molecule has 0 bridgehead atoms. The van der Waals surface area contributed by atoms with E-state index in [0.717, 1.165) is 18.5 Å². The number of nitrogens with one attached hydrogen (secondary N) is 1. The lowest BCUT2D eigenvalue weighted by Crippen LogP contribution is -2.31. The molecule has 0 radical (unpaired) electrons. The maximum Gasteiger partial charge on any atom is 0.0942 e. The molecule has 78 valence electrons. The first kappa shape index (κ1) is 11.1. The van der Waals surface area contributed by atoms with E-state index in [1.165, 1.54) is 0 Å². The fourth-order valence-electron chi connectivity index (χ4n) is 1.28. The molecule has 0 aliphatic heterocycles. The minimum absolute atomic E-state index is 0.232. The molecule has 2 atom stereocenters. The summed E-state index contributed by atoms with van der Waals surface area (Å²) in [5.74, 6) is 0. The monoisotopic (exact) mass is 195 g/mol. The van der Waals surface area contributed by atoms with Crippen molar-refractivity contribution in [3.8, 4) is 0 Å². The minimum Gasteiger partial charge on any atom is -0.387 e. The molecule has 4 N–H and O–H groups in total. The third-order valence-corrected chi connectivity index (χ3v) is 2.18. The van der Waals surface area contributed by atoms with Crippen molar-refractivity contribution in [1.29, 1.82) is 0 Å². The van der Waals surface area contributed by atoms with Gasteiger partial charge in [0.1, 0.15) is 0 Å². The molecule has 2 unspecified atom stereocenters. The van der Waals surface area contributed by atoms with E-state index in [2.05, 4.69) is 10.3 Å². The van der Waals surface area contributed by atoms with Gasteiger partial charge in [-0.1, -0.05) is 0 Å². The number of hydrogen-bond acceptors (Lipinski definition) is 4. The predicted molar refractivity (Wildman–Crippen MR) is 55.7 cm³/mol. The normalized spacial score (nSPS) is 15.1. The lowest BCUT2D eigenvalue weighted by molar-refractivity contribution is 0.142. The molecule has 1 heterocycles. The Bertz CT molecular complexity index is 253. The smallest absolute Gasteiger partial charge is 0.0942 e. The van der Waals surface area contributed by atoms with Gasteiger partial charge in [-0.05, 0) is 37.7 Å². The largest absolute Gasteiger partial charge is 0.387 e. The summed E-state index contributed by atoms with van der Waals surface area (Å²) in [7, 11) is 1.87. The molecule has 1 aromatic rings. The van der Waals surface area contributed by atoms with Crippen LogP contribution in [0.2, 0.25) is 0 Å². The summed E-state index contributed by atoms with van der Waals surface area (Å²) in [6.45, 7) is 0.809. The molecule has 4 heteroatoms. The van der Waals surface area contributed by atoms with Crippen LogP contribution in [0.25, 0.3) is 0 Å². The van der Waals surface area contributed by atoms with Gasteiger partial charge in [0.05, 0.1) is 6.10 Å². The molecular weight excluding hydrogens is 178 g/mol. The Kier molecular flexibility index (Phi) is 4.52. The zero-order chi connectivity index (χ0) is 10.4. The molecule has 4 nitrogen and oxygen atoms in total. The number of nitrogens with zero attached hydrogens (tertiary/aromatic N) is 1. The molecule has 1 aromatic heterocycles. The highest BCUT2D eigenvalue weighted by atomic mass is 16.3. The number of hydrogen-bond donors (Lipinski definition) is 3. The van der Waals surface area contributed by atoms with Crippen LogP contribution in [0.1, 0.15) is 18.1 Å². The van der Waals surface area contributed by atoms with E-state index in [1.54, 1.807) is 24.5 Å². The number of pyridine rings is 1. The Morgan fingerprint density at radius 3 is 2.71 bits per heavy atom. The zero-order valence-corrected chi connectivity index (χ0v) is 8.35. The van der Waals surface area contributed by atoms with E-state index in [1.807, 2.05) is 7.05 Å². The second-order valence-corrected chi connectivity index (χ2v) is 3.28. The zero-order valence-electron chi connectivity index (χ0n) is 8.35. The quantitative estimate of drug-likeness (QED) is 0.621. The molecule has 1 rings (SSSR count). The van der Waals surface area contributed by atoms with Crippen molar-refractivity contribution >= 4 is 0 Å². The van der Waals surface area contributed by atoms with Crippen LogP contribution >= 0.6 is 0 Å². The van der Waals surface area contributed by atoms with Gasteiger partial charge in [0.15, 0.2) is 0 Å². The van der Waals surface area contributed by atoms with Crippen LogP contribution in [0.15, 0.2) is 24.5 Å². The predicted octanol–water partition coefficient (Wildman–Crippen LogP) is 0.0518. The van der Waals surface area contributed by atoms with Crippen molar-refractivity contribution in [3.63, 3.8) is 0 Å². The summed E-state index contributed by atoms with van der Waals surface area (Å²) in [5, 5.41) is 12.8. The maximum atomic E-state index is 9.84. The summed E-state index contributed by atoms with van der Waals surface area (Å²) in [5.41, 5.74) is 6.65. The second-order valence-electron chi connectivity index (χ2n) is 3.28. The van der Waals surface area contributed by atoms with Gasteiger partial charge in [0.2, 0.25) is 0 Å². The van der Waals surface area contributed by atoms with Crippen LogP contribution in [0.3, 0.4) is 0 Å². The van der Waals surface area contributed by atoms with Crippen LogP contribution in [-0.4, -0.2) is 29.7 Å². The van der Waals surface area contributed by atoms with Crippen LogP contribution in [-0.2, 0) is 0 Å². The molecule has 0 aliphatic carbocycles. The number of aliphatic hydroxyl groups excluding tert-OH is 1. The van der Waals surface area contributed by atoms with E-state index in [0.29, 0.717) is 0 Å². The fourth-order valence-corrected chi connectivity index (χ4v) is 1.28. The van der Waals surface area contributed by atoms with Crippen molar-refractivity contribution in [2.24, 2.45) is 5.73 Å².